The lowest BCUT2D eigenvalue weighted by Crippen LogP contribution is -2.28. The molecule has 0 atom stereocenters. The molecule has 0 spiro atoms. The van der Waals surface area contributed by atoms with Crippen molar-refractivity contribution in [2.75, 3.05) is 6.54 Å². The molecular formula is C11H18ClN3O. The van der Waals surface area contributed by atoms with Crippen LogP contribution in [0.3, 0.4) is 0 Å². The van der Waals surface area contributed by atoms with Gasteiger partial charge in [0.2, 0.25) is 5.91 Å². The molecule has 1 aromatic rings. The highest BCUT2D eigenvalue weighted by Crippen LogP contribution is 2.11. The molecule has 0 fully saturated rings. The number of rotatable bonds is 5. The summed E-state index contributed by atoms with van der Waals surface area (Å²) >= 11 is 5.86. The number of nitrogens with one attached hydrogen (secondary N) is 1. The van der Waals surface area contributed by atoms with Gasteiger partial charge in [-0.25, -0.2) is 0 Å². The van der Waals surface area contributed by atoms with Gasteiger partial charge in [0.15, 0.2) is 0 Å². The Morgan fingerprint density at radius 1 is 1.62 bits per heavy atom. The molecule has 0 radical (unpaired) electrons. The topological polar surface area (TPSA) is 46.9 Å². The summed E-state index contributed by atoms with van der Waals surface area (Å²) in [6.07, 6.45) is 2.18. The third kappa shape index (κ3) is 4.23. The van der Waals surface area contributed by atoms with Gasteiger partial charge in [0.25, 0.3) is 0 Å². The molecule has 0 unspecified atom stereocenters. The first-order chi connectivity index (χ1) is 7.49. The molecular weight excluding hydrogens is 226 g/mol. The highest BCUT2D eigenvalue weighted by Gasteiger charge is 2.05. The van der Waals surface area contributed by atoms with Gasteiger partial charge in [0.05, 0.1) is 10.7 Å². The van der Waals surface area contributed by atoms with E-state index in [-0.39, 0.29) is 5.91 Å². The summed E-state index contributed by atoms with van der Waals surface area (Å²) in [6, 6.07) is 0. The van der Waals surface area contributed by atoms with Crippen LogP contribution < -0.4 is 5.32 Å². The highest BCUT2D eigenvalue weighted by molar-refractivity contribution is 6.31. The number of nitrogens with zero attached hydrogens (tertiary/aromatic N) is 2. The third-order valence-electron chi connectivity index (χ3n) is 2.16. The average molecular weight is 244 g/mol. The predicted molar refractivity (Wildman–Crippen MR) is 64.4 cm³/mol. The largest absolute Gasteiger partial charge is 0.356 e. The van der Waals surface area contributed by atoms with Crippen LogP contribution in [0.15, 0.2) is 6.20 Å². The van der Waals surface area contributed by atoms with E-state index in [1.807, 2.05) is 6.92 Å². The van der Waals surface area contributed by atoms with Gasteiger partial charge in [-0.3, -0.25) is 9.48 Å². The first-order valence-electron chi connectivity index (χ1n) is 5.45. The lowest BCUT2D eigenvalue weighted by atomic mass is 10.2. The number of hydrogen-bond acceptors (Lipinski definition) is 2. The molecule has 16 heavy (non-hydrogen) atoms. The second-order valence-electron chi connectivity index (χ2n) is 4.27. The summed E-state index contributed by atoms with van der Waals surface area (Å²) in [5.41, 5.74) is 0.796. The van der Waals surface area contributed by atoms with E-state index in [1.165, 1.54) is 0 Å². The fraction of sp³-hybridized carbons (Fsp3) is 0.636. The quantitative estimate of drug-likeness (QED) is 0.860. The number of carbonyl (C=O) groups is 1. The Kier molecular flexibility index (Phi) is 4.80. The minimum Gasteiger partial charge on any atom is -0.356 e. The Morgan fingerprint density at radius 2 is 2.31 bits per heavy atom. The highest BCUT2D eigenvalue weighted by atomic mass is 35.5. The smallest absolute Gasteiger partial charge is 0.221 e. The van der Waals surface area contributed by atoms with E-state index in [9.17, 15) is 4.79 Å². The van der Waals surface area contributed by atoms with E-state index >= 15 is 0 Å². The van der Waals surface area contributed by atoms with Crippen molar-refractivity contribution in [3.63, 3.8) is 0 Å². The molecule has 0 aliphatic heterocycles. The minimum absolute atomic E-state index is 0.0537. The van der Waals surface area contributed by atoms with Gasteiger partial charge in [-0.15, -0.1) is 0 Å². The minimum atomic E-state index is 0.0537. The third-order valence-corrected chi connectivity index (χ3v) is 2.53. The van der Waals surface area contributed by atoms with E-state index < -0.39 is 0 Å². The van der Waals surface area contributed by atoms with E-state index in [0.29, 0.717) is 23.9 Å². The van der Waals surface area contributed by atoms with Crippen molar-refractivity contribution in [3.8, 4) is 0 Å². The molecule has 0 saturated heterocycles. The van der Waals surface area contributed by atoms with Crippen molar-refractivity contribution < 1.29 is 4.79 Å². The molecule has 1 amide bonds. The number of aryl methyl sites for hydroxylation is 2. The van der Waals surface area contributed by atoms with E-state index in [4.69, 9.17) is 11.6 Å². The van der Waals surface area contributed by atoms with Crippen LogP contribution in [0.5, 0.6) is 0 Å². The van der Waals surface area contributed by atoms with Crippen LogP contribution in [0, 0.1) is 12.8 Å². The molecule has 1 rings (SSSR count). The zero-order chi connectivity index (χ0) is 12.1. The van der Waals surface area contributed by atoms with Crippen molar-refractivity contribution >= 4 is 17.5 Å². The van der Waals surface area contributed by atoms with Crippen molar-refractivity contribution in [2.24, 2.45) is 5.92 Å². The van der Waals surface area contributed by atoms with Gasteiger partial charge < -0.3 is 5.32 Å². The zero-order valence-electron chi connectivity index (χ0n) is 9.96. The number of halogens is 1. The van der Waals surface area contributed by atoms with Crippen LogP contribution >= 0.6 is 11.6 Å². The van der Waals surface area contributed by atoms with E-state index in [0.717, 1.165) is 12.2 Å². The van der Waals surface area contributed by atoms with E-state index in [2.05, 4.69) is 24.3 Å². The summed E-state index contributed by atoms with van der Waals surface area (Å²) in [7, 11) is 0. The maximum atomic E-state index is 11.4. The van der Waals surface area contributed by atoms with Crippen molar-refractivity contribution in [2.45, 2.75) is 33.7 Å². The van der Waals surface area contributed by atoms with Gasteiger partial charge in [-0.2, -0.15) is 5.10 Å². The molecule has 0 aromatic carbocycles. The lowest BCUT2D eigenvalue weighted by Gasteiger charge is -2.07. The van der Waals surface area contributed by atoms with Gasteiger partial charge in [-0.1, -0.05) is 25.4 Å². The second kappa shape index (κ2) is 5.89. The lowest BCUT2D eigenvalue weighted by molar-refractivity contribution is -0.121. The number of hydrogen-bond donors (Lipinski definition) is 1. The van der Waals surface area contributed by atoms with E-state index in [1.54, 1.807) is 10.9 Å². The molecule has 1 N–H and O–H groups in total. The molecule has 0 aliphatic rings. The summed E-state index contributed by atoms with van der Waals surface area (Å²) in [5, 5.41) is 7.68. The van der Waals surface area contributed by atoms with Gasteiger partial charge in [0.1, 0.15) is 0 Å². The normalized spacial score (nSPS) is 10.8. The summed E-state index contributed by atoms with van der Waals surface area (Å²) in [5.74, 6) is 0.531. The van der Waals surface area contributed by atoms with Crippen LogP contribution in [0.4, 0.5) is 0 Å². The first kappa shape index (κ1) is 13.0. The monoisotopic (exact) mass is 243 g/mol. The Morgan fingerprint density at radius 3 is 2.81 bits per heavy atom. The summed E-state index contributed by atoms with van der Waals surface area (Å²) in [4.78, 5) is 11.4. The van der Waals surface area contributed by atoms with Crippen molar-refractivity contribution in [3.05, 3.63) is 16.9 Å². The van der Waals surface area contributed by atoms with Crippen LogP contribution in [0.1, 0.15) is 26.0 Å². The van der Waals surface area contributed by atoms with Crippen LogP contribution in [0.2, 0.25) is 5.02 Å². The SMILES string of the molecule is Cc1nn(CCC(=O)NCC(C)C)cc1Cl. The van der Waals surface area contributed by atoms with Crippen molar-refractivity contribution in [1.29, 1.82) is 0 Å². The molecule has 0 bridgehead atoms. The molecule has 1 heterocycles. The van der Waals surface area contributed by atoms with Crippen LogP contribution in [-0.4, -0.2) is 22.2 Å². The molecule has 90 valence electrons. The Balaban J connectivity index is 2.31. The van der Waals surface area contributed by atoms with Crippen LogP contribution in [-0.2, 0) is 11.3 Å². The Bertz CT molecular complexity index is 341. The van der Waals surface area contributed by atoms with Crippen LogP contribution in [0.25, 0.3) is 0 Å². The second-order valence-corrected chi connectivity index (χ2v) is 4.68. The molecule has 0 saturated carbocycles. The standard InChI is InChI=1S/C11H18ClN3O/c1-8(2)6-13-11(16)4-5-15-7-10(12)9(3)14-15/h7-8H,4-6H2,1-3H3,(H,13,16). The maximum absolute atomic E-state index is 11.4. The van der Waals surface area contributed by atoms with Gasteiger partial charge in [-0.05, 0) is 12.8 Å². The Hall–Kier alpha value is -1.03. The maximum Gasteiger partial charge on any atom is 0.221 e. The number of amides is 1. The van der Waals surface area contributed by atoms with Gasteiger partial charge in [0, 0.05) is 25.7 Å². The van der Waals surface area contributed by atoms with Gasteiger partial charge >= 0.3 is 0 Å². The summed E-state index contributed by atoms with van der Waals surface area (Å²) in [6.45, 7) is 7.26. The summed E-state index contributed by atoms with van der Waals surface area (Å²) < 4.78 is 1.70. The molecule has 5 heteroatoms. The number of aromatic nitrogens is 2. The molecule has 4 nitrogen and oxygen atoms in total. The average Bonchev–Trinajstić information content (AvgIpc) is 2.52. The number of carbonyl (C=O) groups excluding carboxylic acids is 1. The fourth-order valence-electron chi connectivity index (χ4n) is 1.23. The predicted octanol–water partition coefficient (Wildman–Crippen LogP) is 2.01. The van der Waals surface area contributed by atoms with Crippen molar-refractivity contribution in [1.82, 2.24) is 15.1 Å². The Labute approximate surface area is 101 Å². The molecule has 1 aromatic heterocycles. The fourth-order valence-corrected chi connectivity index (χ4v) is 1.38. The molecule has 0 aliphatic carbocycles. The first-order valence-corrected chi connectivity index (χ1v) is 5.83. The zero-order valence-corrected chi connectivity index (χ0v) is 10.7.